The lowest BCUT2D eigenvalue weighted by molar-refractivity contribution is -0.906. The van der Waals surface area contributed by atoms with E-state index in [9.17, 15) is 9.59 Å². The molecule has 1 aromatic carbocycles. The summed E-state index contributed by atoms with van der Waals surface area (Å²) < 4.78 is 7.24. The average Bonchev–Trinajstić information content (AvgIpc) is 3.13. The number of hydrogen-bond acceptors (Lipinski definition) is 3. The molecule has 1 aliphatic rings. The maximum atomic E-state index is 12.8. The van der Waals surface area contributed by atoms with Gasteiger partial charge in [-0.15, -0.1) is 0 Å². The highest BCUT2D eigenvalue weighted by Crippen LogP contribution is 2.07. The minimum atomic E-state index is -0.310. The van der Waals surface area contributed by atoms with E-state index in [0.717, 1.165) is 38.5 Å². The number of benzene rings is 1. The fraction of sp³-hybridized carbons (Fsp3) is 0.333. The number of aryl methyl sites for hydroxylation is 1. The summed E-state index contributed by atoms with van der Waals surface area (Å²) in [6.45, 7) is 4.79. The van der Waals surface area contributed by atoms with Gasteiger partial charge < -0.3 is 24.8 Å². The molecule has 0 atom stereocenters. The fourth-order valence-electron chi connectivity index (χ4n) is 3.07. The number of carbonyl (C=O) groups is 2. The van der Waals surface area contributed by atoms with Crippen LogP contribution in [0.3, 0.4) is 0 Å². The topological polar surface area (TPSA) is 76.8 Å². The zero-order chi connectivity index (χ0) is 19.8. The molecule has 1 aliphatic heterocycles. The van der Waals surface area contributed by atoms with Crippen LogP contribution in [0.25, 0.3) is 6.08 Å². The van der Waals surface area contributed by atoms with Gasteiger partial charge in [0.2, 0.25) is 0 Å². The van der Waals surface area contributed by atoms with Gasteiger partial charge in [-0.05, 0) is 30.3 Å². The maximum Gasteiger partial charge on any atom is 0.268 e. The van der Waals surface area contributed by atoms with Crippen LogP contribution in [0, 0.1) is 0 Å². The number of quaternary nitrogens is 1. The molecule has 2 amide bonds. The quantitative estimate of drug-likeness (QED) is 0.581. The van der Waals surface area contributed by atoms with Crippen molar-refractivity contribution in [2.45, 2.75) is 0 Å². The molecule has 0 unspecified atom stereocenters. The van der Waals surface area contributed by atoms with Gasteiger partial charge >= 0.3 is 0 Å². The molecule has 1 aromatic heterocycles. The van der Waals surface area contributed by atoms with E-state index in [4.69, 9.17) is 4.74 Å². The monoisotopic (exact) mass is 383 g/mol. The Balaban J connectivity index is 1.66. The lowest BCUT2D eigenvalue weighted by Crippen LogP contribution is -3.14. The highest BCUT2D eigenvalue weighted by molar-refractivity contribution is 6.05. The van der Waals surface area contributed by atoms with Crippen LogP contribution in [-0.4, -0.2) is 55.8 Å². The summed E-state index contributed by atoms with van der Waals surface area (Å²) in [7, 11) is 1.89. The molecule has 2 heterocycles. The first-order valence-corrected chi connectivity index (χ1v) is 9.52. The van der Waals surface area contributed by atoms with E-state index in [-0.39, 0.29) is 17.5 Å². The number of amides is 2. The van der Waals surface area contributed by atoms with Crippen molar-refractivity contribution in [2.24, 2.45) is 7.05 Å². The van der Waals surface area contributed by atoms with Gasteiger partial charge in [0.1, 0.15) is 18.8 Å². The summed E-state index contributed by atoms with van der Waals surface area (Å²) in [6, 6.07) is 12.6. The van der Waals surface area contributed by atoms with E-state index in [0.29, 0.717) is 12.1 Å². The van der Waals surface area contributed by atoms with Crippen molar-refractivity contribution >= 4 is 17.9 Å². The summed E-state index contributed by atoms with van der Waals surface area (Å²) in [5.41, 5.74) is 1.57. The van der Waals surface area contributed by atoms with Crippen LogP contribution >= 0.6 is 0 Å². The third kappa shape index (κ3) is 5.55. The van der Waals surface area contributed by atoms with Crippen LogP contribution in [0.1, 0.15) is 16.1 Å². The summed E-state index contributed by atoms with van der Waals surface area (Å²) >= 11 is 0. The Labute approximate surface area is 165 Å². The number of hydrogen-bond donors (Lipinski definition) is 3. The molecule has 2 aromatic rings. The molecule has 0 aliphatic carbocycles. The second-order valence-electron chi connectivity index (χ2n) is 6.79. The predicted octanol–water partition coefficient (Wildman–Crippen LogP) is -0.173. The van der Waals surface area contributed by atoms with Crippen molar-refractivity contribution in [1.29, 1.82) is 0 Å². The number of nitrogens with one attached hydrogen (secondary N) is 3. The van der Waals surface area contributed by atoms with Gasteiger partial charge in [-0.1, -0.05) is 18.2 Å². The van der Waals surface area contributed by atoms with Gasteiger partial charge in [-0.3, -0.25) is 9.59 Å². The summed E-state index contributed by atoms with van der Waals surface area (Å²) in [4.78, 5) is 26.7. The number of rotatable bonds is 7. The molecule has 3 N–H and O–H groups in total. The number of aromatic nitrogens is 1. The highest BCUT2D eigenvalue weighted by Gasteiger charge is 2.17. The number of ether oxygens (including phenoxy) is 1. The van der Waals surface area contributed by atoms with E-state index in [1.165, 1.54) is 4.90 Å². The van der Waals surface area contributed by atoms with Gasteiger partial charge in [-0.2, -0.15) is 0 Å². The molecule has 0 radical (unpaired) electrons. The van der Waals surface area contributed by atoms with Crippen LogP contribution < -0.4 is 15.5 Å². The van der Waals surface area contributed by atoms with Gasteiger partial charge in [-0.25, -0.2) is 0 Å². The number of morpholine rings is 1. The molecule has 0 saturated carbocycles. The second kappa shape index (κ2) is 9.87. The molecule has 7 nitrogen and oxygen atoms in total. The van der Waals surface area contributed by atoms with Gasteiger partial charge in [0, 0.05) is 24.5 Å². The van der Waals surface area contributed by atoms with Gasteiger partial charge in [0.05, 0.1) is 26.3 Å². The van der Waals surface area contributed by atoms with Crippen LogP contribution in [0.15, 0.2) is 54.4 Å². The van der Waals surface area contributed by atoms with Crippen LogP contribution in [0.2, 0.25) is 0 Å². The molecular formula is C21H27N4O3+. The van der Waals surface area contributed by atoms with Crippen molar-refractivity contribution in [1.82, 2.24) is 15.2 Å². The Morgan fingerprint density at radius 2 is 1.89 bits per heavy atom. The molecule has 1 saturated heterocycles. The molecule has 148 valence electrons. The molecule has 1 fully saturated rings. The van der Waals surface area contributed by atoms with Crippen molar-refractivity contribution < 1.29 is 19.2 Å². The normalized spacial score (nSPS) is 15.2. The molecule has 0 spiro atoms. The predicted molar refractivity (Wildman–Crippen MR) is 107 cm³/mol. The van der Waals surface area contributed by atoms with E-state index in [2.05, 4.69) is 10.6 Å². The summed E-state index contributed by atoms with van der Waals surface area (Å²) in [5, 5.41) is 5.68. The third-order valence-electron chi connectivity index (χ3n) is 4.77. The molecular weight excluding hydrogens is 356 g/mol. The number of nitrogens with zero attached hydrogens (tertiary/aromatic N) is 1. The lowest BCUT2D eigenvalue weighted by atomic mass is 10.2. The second-order valence-corrected chi connectivity index (χ2v) is 6.79. The summed E-state index contributed by atoms with van der Waals surface area (Å²) in [6.07, 6.45) is 3.58. The van der Waals surface area contributed by atoms with Crippen LogP contribution in [0.4, 0.5) is 0 Å². The molecule has 0 bridgehead atoms. The van der Waals surface area contributed by atoms with Crippen molar-refractivity contribution in [3.05, 3.63) is 65.6 Å². The first kappa shape index (κ1) is 19.9. The standard InChI is InChI=1S/C21H26N4O3/c1-24-10-5-8-18(24)16-19(23-20(26)17-6-3-2-4-7-17)21(27)22-9-11-25-12-14-28-15-13-25/h2-8,10,16H,9,11-15H2,1H3,(H,22,27)(H,23,26)/p+1/b19-16+. The first-order chi connectivity index (χ1) is 13.6. The SMILES string of the molecule is Cn1cccc1/C=C(/NC(=O)c1ccccc1)C(=O)NCC[NH+]1CCOCC1. The average molecular weight is 383 g/mol. The van der Waals surface area contributed by atoms with E-state index < -0.39 is 0 Å². The van der Waals surface area contributed by atoms with E-state index in [1.54, 1.807) is 30.3 Å². The molecule has 7 heteroatoms. The highest BCUT2D eigenvalue weighted by atomic mass is 16.5. The van der Waals surface area contributed by atoms with Crippen LogP contribution in [0.5, 0.6) is 0 Å². The zero-order valence-corrected chi connectivity index (χ0v) is 16.1. The number of carbonyl (C=O) groups excluding carboxylic acids is 2. The van der Waals surface area contributed by atoms with Gasteiger partial charge in [0.15, 0.2) is 0 Å². The Morgan fingerprint density at radius 3 is 2.57 bits per heavy atom. The Hall–Kier alpha value is -2.90. The maximum absolute atomic E-state index is 12.8. The Morgan fingerprint density at radius 1 is 1.14 bits per heavy atom. The Kier molecular flexibility index (Phi) is 7.00. The van der Waals surface area contributed by atoms with Crippen molar-refractivity contribution in [3.8, 4) is 0 Å². The molecule has 28 heavy (non-hydrogen) atoms. The van der Waals surface area contributed by atoms with E-state index >= 15 is 0 Å². The molecule has 3 rings (SSSR count). The largest absolute Gasteiger partial charge is 0.370 e. The first-order valence-electron chi connectivity index (χ1n) is 9.52. The van der Waals surface area contributed by atoms with Gasteiger partial charge in [0.25, 0.3) is 11.8 Å². The Bertz CT molecular complexity index is 823. The van der Waals surface area contributed by atoms with Crippen molar-refractivity contribution in [3.63, 3.8) is 0 Å². The third-order valence-corrected chi connectivity index (χ3v) is 4.77. The van der Waals surface area contributed by atoms with Crippen molar-refractivity contribution in [2.75, 3.05) is 39.4 Å². The minimum absolute atomic E-state index is 0.229. The van der Waals surface area contributed by atoms with E-state index in [1.807, 2.05) is 36.0 Å². The zero-order valence-electron chi connectivity index (χ0n) is 16.1. The smallest absolute Gasteiger partial charge is 0.268 e. The lowest BCUT2D eigenvalue weighted by Gasteiger charge is -2.23. The fourth-order valence-corrected chi connectivity index (χ4v) is 3.07. The van der Waals surface area contributed by atoms with Crippen LogP contribution in [-0.2, 0) is 16.6 Å². The minimum Gasteiger partial charge on any atom is -0.370 e. The summed E-state index contributed by atoms with van der Waals surface area (Å²) in [5.74, 6) is -0.604.